The third-order valence-corrected chi connectivity index (χ3v) is 5.07. The van der Waals surface area contributed by atoms with Crippen LogP contribution in [0.4, 0.5) is 10.8 Å². The highest BCUT2D eigenvalue weighted by atomic mass is 32.1. The van der Waals surface area contributed by atoms with Crippen LogP contribution in [-0.2, 0) is 0 Å². The van der Waals surface area contributed by atoms with Gasteiger partial charge in [-0.2, -0.15) is 9.64 Å². The Labute approximate surface area is 138 Å². The summed E-state index contributed by atoms with van der Waals surface area (Å²) in [6.45, 7) is 3.66. The van der Waals surface area contributed by atoms with Crippen LogP contribution in [0.25, 0.3) is 10.9 Å². The van der Waals surface area contributed by atoms with Crippen molar-refractivity contribution in [3.63, 3.8) is 0 Å². The van der Waals surface area contributed by atoms with E-state index in [1.54, 1.807) is 23.8 Å². The smallest absolute Gasteiger partial charge is 0.129 e. The summed E-state index contributed by atoms with van der Waals surface area (Å²) >= 11 is 1.57. The lowest BCUT2D eigenvalue weighted by Gasteiger charge is -2.35. The van der Waals surface area contributed by atoms with Gasteiger partial charge >= 0.3 is 0 Å². The minimum Gasteiger partial charge on any atom is -0.358 e. The van der Waals surface area contributed by atoms with Gasteiger partial charge in [-0.25, -0.2) is 4.98 Å². The van der Waals surface area contributed by atoms with Gasteiger partial charge in [0.25, 0.3) is 0 Å². The Bertz CT molecular complexity index is 874. The topological polar surface area (TPSA) is 56.1 Å². The van der Waals surface area contributed by atoms with Crippen molar-refractivity contribution in [2.24, 2.45) is 0 Å². The Morgan fingerprint density at radius 1 is 1.04 bits per heavy atom. The van der Waals surface area contributed by atoms with E-state index >= 15 is 0 Å². The second-order valence-electron chi connectivity index (χ2n) is 5.49. The molecule has 3 aromatic rings. The highest BCUT2D eigenvalue weighted by Gasteiger charge is 2.21. The normalized spacial score (nSPS) is 14.9. The fourth-order valence-corrected chi connectivity index (χ4v) is 3.82. The van der Waals surface area contributed by atoms with Crippen LogP contribution >= 0.6 is 11.5 Å². The molecule has 0 saturated carbocycles. The van der Waals surface area contributed by atoms with Crippen molar-refractivity contribution in [2.45, 2.75) is 0 Å². The van der Waals surface area contributed by atoms with Gasteiger partial charge in [-0.05, 0) is 35.8 Å². The number of rotatable bonds is 2. The predicted octanol–water partition coefficient (Wildman–Crippen LogP) is 2.89. The minimum absolute atomic E-state index is 0.658. The maximum absolute atomic E-state index is 9.02. The zero-order valence-electron chi connectivity index (χ0n) is 12.5. The molecule has 0 unspecified atom stereocenters. The average Bonchev–Trinajstić information content (AvgIpc) is 3.06. The summed E-state index contributed by atoms with van der Waals surface area (Å²) in [6.07, 6.45) is 1.71. The van der Waals surface area contributed by atoms with Crippen LogP contribution in [-0.4, -0.2) is 35.5 Å². The lowest BCUT2D eigenvalue weighted by molar-refractivity contribution is 0.652. The van der Waals surface area contributed by atoms with Gasteiger partial charge in [-0.15, -0.1) is 0 Å². The van der Waals surface area contributed by atoms with E-state index in [0.29, 0.717) is 5.56 Å². The predicted molar refractivity (Wildman–Crippen MR) is 93.0 cm³/mol. The maximum Gasteiger partial charge on any atom is 0.129 e. The quantitative estimate of drug-likeness (QED) is 0.726. The first-order chi connectivity index (χ1) is 11.3. The SMILES string of the molecule is N#Cc1ccnc(N2CCN(c3snc4ccccc34)CC2)c1. The van der Waals surface area contributed by atoms with Crippen LogP contribution in [0.2, 0.25) is 0 Å². The molecule has 1 aliphatic heterocycles. The molecule has 23 heavy (non-hydrogen) atoms. The average molecular weight is 321 g/mol. The largest absolute Gasteiger partial charge is 0.358 e. The second kappa shape index (κ2) is 5.86. The molecule has 1 saturated heterocycles. The molecular formula is C17H15N5S. The zero-order valence-corrected chi connectivity index (χ0v) is 13.3. The summed E-state index contributed by atoms with van der Waals surface area (Å²) in [5.41, 5.74) is 1.73. The Morgan fingerprint density at radius 3 is 2.65 bits per heavy atom. The number of nitriles is 1. The Balaban J connectivity index is 1.52. The first-order valence-electron chi connectivity index (χ1n) is 7.55. The van der Waals surface area contributed by atoms with Gasteiger partial charge in [0.2, 0.25) is 0 Å². The molecule has 4 rings (SSSR count). The van der Waals surface area contributed by atoms with Crippen LogP contribution < -0.4 is 9.80 Å². The van der Waals surface area contributed by atoms with E-state index in [9.17, 15) is 0 Å². The molecule has 114 valence electrons. The summed E-state index contributed by atoms with van der Waals surface area (Å²) in [6, 6.07) is 14.1. The second-order valence-corrected chi connectivity index (χ2v) is 6.25. The third-order valence-electron chi connectivity index (χ3n) is 4.13. The number of benzene rings is 1. The monoisotopic (exact) mass is 321 g/mol. The molecule has 0 radical (unpaired) electrons. The van der Waals surface area contributed by atoms with Gasteiger partial charge in [0.1, 0.15) is 10.8 Å². The van der Waals surface area contributed by atoms with Crippen LogP contribution in [0.1, 0.15) is 5.56 Å². The lowest BCUT2D eigenvalue weighted by atomic mass is 10.2. The lowest BCUT2D eigenvalue weighted by Crippen LogP contribution is -2.46. The molecule has 0 atom stereocenters. The van der Waals surface area contributed by atoms with E-state index in [2.05, 4.69) is 43.4 Å². The van der Waals surface area contributed by atoms with E-state index < -0.39 is 0 Å². The van der Waals surface area contributed by atoms with E-state index in [4.69, 9.17) is 5.26 Å². The summed E-state index contributed by atoms with van der Waals surface area (Å²) in [5, 5.41) is 11.5. The van der Waals surface area contributed by atoms with E-state index in [-0.39, 0.29) is 0 Å². The molecule has 1 aromatic carbocycles. The van der Waals surface area contributed by atoms with Crippen molar-refractivity contribution >= 4 is 33.3 Å². The van der Waals surface area contributed by atoms with Gasteiger partial charge in [-0.3, -0.25) is 0 Å². The molecule has 6 heteroatoms. The van der Waals surface area contributed by atoms with Crippen molar-refractivity contribution in [1.82, 2.24) is 9.36 Å². The summed E-state index contributed by atoms with van der Waals surface area (Å²) < 4.78 is 4.53. The molecule has 1 aliphatic rings. The minimum atomic E-state index is 0.658. The van der Waals surface area contributed by atoms with E-state index in [1.807, 2.05) is 12.1 Å². The number of piperazine rings is 1. The molecule has 0 spiro atoms. The first kappa shape index (κ1) is 14.0. The number of pyridine rings is 1. The fraction of sp³-hybridized carbons (Fsp3) is 0.235. The molecule has 0 aliphatic carbocycles. The number of aromatic nitrogens is 2. The Kier molecular flexibility index (Phi) is 3.56. The van der Waals surface area contributed by atoms with Crippen LogP contribution in [0.5, 0.6) is 0 Å². The fourth-order valence-electron chi connectivity index (χ4n) is 2.90. The number of hydrogen-bond acceptors (Lipinski definition) is 6. The third kappa shape index (κ3) is 2.60. The van der Waals surface area contributed by atoms with Crippen molar-refractivity contribution in [1.29, 1.82) is 5.26 Å². The summed E-state index contributed by atoms with van der Waals surface area (Å²) in [7, 11) is 0. The van der Waals surface area contributed by atoms with Crippen LogP contribution in [0.15, 0.2) is 42.6 Å². The van der Waals surface area contributed by atoms with Gasteiger partial charge in [0.15, 0.2) is 0 Å². The standard InChI is InChI=1S/C17H15N5S/c18-12-13-5-6-19-16(11-13)21-7-9-22(10-8-21)17-14-3-1-2-4-15(14)20-23-17/h1-6,11H,7-10H2. The molecular weight excluding hydrogens is 306 g/mol. The number of fused-ring (bicyclic) bond motifs is 1. The first-order valence-corrected chi connectivity index (χ1v) is 8.33. The highest BCUT2D eigenvalue weighted by Crippen LogP contribution is 2.32. The van der Waals surface area contributed by atoms with Crippen LogP contribution in [0, 0.1) is 11.3 Å². The number of anilines is 2. The summed E-state index contributed by atoms with van der Waals surface area (Å²) in [4.78, 5) is 9.03. The van der Waals surface area contributed by atoms with Gasteiger partial charge in [0.05, 0.1) is 17.1 Å². The number of hydrogen-bond donors (Lipinski definition) is 0. The van der Waals surface area contributed by atoms with Crippen molar-refractivity contribution in [3.8, 4) is 6.07 Å². The molecule has 5 nitrogen and oxygen atoms in total. The Hall–Kier alpha value is -2.65. The molecule has 2 aromatic heterocycles. The molecule has 3 heterocycles. The van der Waals surface area contributed by atoms with Gasteiger partial charge in [0, 0.05) is 37.8 Å². The van der Waals surface area contributed by atoms with Crippen molar-refractivity contribution in [2.75, 3.05) is 36.0 Å². The van der Waals surface area contributed by atoms with Crippen molar-refractivity contribution in [3.05, 3.63) is 48.2 Å². The Morgan fingerprint density at radius 2 is 1.83 bits per heavy atom. The number of nitrogens with zero attached hydrogens (tertiary/aromatic N) is 5. The maximum atomic E-state index is 9.02. The molecule has 0 amide bonds. The van der Waals surface area contributed by atoms with E-state index in [1.165, 1.54) is 10.4 Å². The van der Waals surface area contributed by atoms with Crippen LogP contribution in [0.3, 0.4) is 0 Å². The van der Waals surface area contributed by atoms with Gasteiger partial charge in [-0.1, -0.05) is 12.1 Å². The molecule has 1 fully saturated rings. The highest BCUT2D eigenvalue weighted by molar-refractivity contribution is 7.11. The van der Waals surface area contributed by atoms with E-state index in [0.717, 1.165) is 37.5 Å². The molecule has 0 bridgehead atoms. The summed E-state index contributed by atoms with van der Waals surface area (Å²) in [5.74, 6) is 0.887. The van der Waals surface area contributed by atoms with Gasteiger partial charge < -0.3 is 9.80 Å². The zero-order chi connectivity index (χ0) is 15.6. The van der Waals surface area contributed by atoms with Crippen molar-refractivity contribution < 1.29 is 0 Å². The molecule has 0 N–H and O–H groups in total.